The normalized spacial score (nSPS) is 15.6. The van der Waals surface area contributed by atoms with Gasteiger partial charge >= 0.3 is 5.97 Å². The van der Waals surface area contributed by atoms with E-state index in [4.69, 9.17) is 15.9 Å². The second kappa shape index (κ2) is 8.48. The third-order valence-electron chi connectivity index (χ3n) is 5.43. The van der Waals surface area contributed by atoms with Gasteiger partial charge in [0.05, 0.1) is 17.7 Å². The molecule has 0 aromatic carbocycles. The molecule has 0 atom stereocenters. The number of carbonyl (C=O) groups excluding carboxylic acids is 1. The number of nitrogens with one attached hydrogen (secondary N) is 2. The second-order valence-electron chi connectivity index (χ2n) is 7.09. The molecule has 1 saturated heterocycles. The molecular weight excluding hydrogens is 354 g/mol. The Bertz CT molecular complexity index is 909. The highest BCUT2D eigenvalue weighted by molar-refractivity contribution is 5.96. The molecule has 0 saturated carbocycles. The molecular formula is C21H29N5O2. The average molecular weight is 383 g/mol. The number of allylic oxidation sites excluding steroid dienone is 1. The summed E-state index contributed by atoms with van der Waals surface area (Å²) in [5, 5.41) is 10.7. The number of rotatable bonds is 6. The number of carbonyl (C=O) groups is 1. The van der Waals surface area contributed by atoms with Crippen molar-refractivity contribution < 1.29 is 9.53 Å². The summed E-state index contributed by atoms with van der Waals surface area (Å²) in [6.45, 7) is 6.07. The maximum Gasteiger partial charge on any atom is 0.338 e. The second-order valence-corrected chi connectivity index (χ2v) is 7.09. The molecule has 4 N–H and O–H groups in total. The number of nitrogens with zero attached hydrogens (tertiary/aromatic N) is 2. The van der Waals surface area contributed by atoms with Gasteiger partial charge in [0.1, 0.15) is 5.82 Å². The first-order valence-electron chi connectivity index (χ1n) is 9.71. The van der Waals surface area contributed by atoms with E-state index in [-0.39, 0.29) is 5.97 Å². The summed E-state index contributed by atoms with van der Waals surface area (Å²) < 4.78 is 7.39. The molecule has 0 radical (unpaired) electrons. The molecule has 7 nitrogen and oxygen atoms in total. The molecule has 1 aliphatic heterocycles. The van der Waals surface area contributed by atoms with E-state index in [0.29, 0.717) is 23.9 Å². The first kappa shape index (κ1) is 19.9. The fraction of sp³-hybridized carbons (Fsp3) is 0.429. The topological polar surface area (TPSA) is 95.8 Å². The molecule has 0 spiro atoms. The minimum Gasteiger partial charge on any atom is -0.462 e. The molecule has 0 unspecified atom stereocenters. The number of anilines is 1. The van der Waals surface area contributed by atoms with Crippen LogP contribution in [0.25, 0.3) is 11.2 Å². The van der Waals surface area contributed by atoms with E-state index in [1.54, 1.807) is 13.0 Å². The van der Waals surface area contributed by atoms with Gasteiger partial charge < -0.3 is 30.5 Å². The Morgan fingerprint density at radius 2 is 2.14 bits per heavy atom. The first-order valence-corrected chi connectivity index (χ1v) is 9.71. The highest BCUT2D eigenvalue weighted by atomic mass is 16.5. The van der Waals surface area contributed by atoms with Gasteiger partial charge in [-0.25, -0.2) is 4.79 Å². The van der Waals surface area contributed by atoms with Gasteiger partial charge in [0, 0.05) is 42.3 Å². The van der Waals surface area contributed by atoms with Crippen molar-refractivity contribution in [2.75, 3.05) is 31.6 Å². The summed E-state index contributed by atoms with van der Waals surface area (Å²) >= 11 is 0. The molecule has 2 aromatic rings. The zero-order valence-electron chi connectivity index (χ0n) is 16.8. The van der Waals surface area contributed by atoms with Gasteiger partial charge in [-0.3, -0.25) is 0 Å². The third-order valence-corrected chi connectivity index (χ3v) is 5.43. The molecule has 1 aliphatic rings. The molecule has 0 bridgehead atoms. The fourth-order valence-corrected chi connectivity index (χ4v) is 3.97. The average Bonchev–Trinajstić information content (AvgIpc) is 3.11. The number of pyridine rings is 1. The third kappa shape index (κ3) is 3.62. The van der Waals surface area contributed by atoms with Crippen molar-refractivity contribution in [2.45, 2.75) is 32.7 Å². The summed E-state index contributed by atoms with van der Waals surface area (Å²) in [6, 6.07) is 4.16. The first-order chi connectivity index (χ1) is 13.5. The molecule has 0 amide bonds. The Morgan fingerprint density at radius 3 is 2.79 bits per heavy atom. The van der Waals surface area contributed by atoms with Crippen LogP contribution < -0.4 is 16.0 Å². The van der Waals surface area contributed by atoms with Gasteiger partial charge in [0.15, 0.2) is 0 Å². The highest BCUT2D eigenvalue weighted by Crippen LogP contribution is 2.32. The minimum atomic E-state index is -0.329. The summed E-state index contributed by atoms with van der Waals surface area (Å²) in [5.74, 6) is 0.644. The van der Waals surface area contributed by atoms with Crippen molar-refractivity contribution in [3.05, 3.63) is 41.1 Å². The van der Waals surface area contributed by atoms with Crippen LogP contribution in [0.1, 0.15) is 41.3 Å². The van der Waals surface area contributed by atoms with Crippen molar-refractivity contribution in [1.29, 1.82) is 5.41 Å². The largest absolute Gasteiger partial charge is 0.462 e. The van der Waals surface area contributed by atoms with Crippen LogP contribution in [0.2, 0.25) is 0 Å². The van der Waals surface area contributed by atoms with Gasteiger partial charge in [-0.1, -0.05) is 0 Å². The number of ether oxygens (including phenoxy) is 1. The van der Waals surface area contributed by atoms with Crippen molar-refractivity contribution in [3.8, 4) is 0 Å². The van der Waals surface area contributed by atoms with Crippen LogP contribution in [0, 0.1) is 12.3 Å². The van der Waals surface area contributed by atoms with E-state index < -0.39 is 0 Å². The predicted octanol–water partition coefficient (Wildman–Crippen LogP) is 2.56. The van der Waals surface area contributed by atoms with Crippen molar-refractivity contribution >= 4 is 29.2 Å². The smallest absolute Gasteiger partial charge is 0.338 e. The van der Waals surface area contributed by atoms with Crippen molar-refractivity contribution in [2.24, 2.45) is 5.73 Å². The Morgan fingerprint density at radius 1 is 1.43 bits per heavy atom. The summed E-state index contributed by atoms with van der Waals surface area (Å²) in [6.07, 6.45) is 6.79. The predicted molar refractivity (Wildman–Crippen MR) is 113 cm³/mol. The maximum atomic E-state index is 12.6. The van der Waals surface area contributed by atoms with Gasteiger partial charge in [-0.05, 0) is 58.0 Å². The van der Waals surface area contributed by atoms with Crippen molar-refractivity contribution in [3.63, 3.8) is 0 Å². The standard InChI is InChI=1S/C21H29N5O2/c1-4-28-21(27)17-13-19-16(18(23)5-9-22)8-12-26(19)20(14(17)2)25(3)15-6-10-24-11-7-15/h5,8-9,12-13,15,22,24H,4,6-7,10-11,23H2,1-3H3/b18-5-,22-9?. The monoisotopic (exact) mass is 383 g/mol. The highest BCUT2D eigenvalue weighted by Gasteiger charge is 2.25. The molecule has 3 rings (SSSR count). The number of esters is 1. The van der Waals surface area contributed by atoms with Crippen LogP contribution >= 0.6 is 0 Å². The number of hydrogen-bond donors (Lipinski definition) is 3. The summed E-state index contributed by atoms with van der Waals surface area (Å²) in [5.41, 5.74) is 9.73. The maximum absolute atomic E-state index is 12.6. The Hall–Kier alpha value is -2.80. The molecule has 150 valence electrons. The SMILES string of the molecule is CCOC(=O)c1cc2c(/C(N)=C/C=N)ccn2c(N(C)C2CCNCC2)c1C. The Kier molecular flexibility index (Phi) is 6.04. The lowest BCUT2D eigenvalue weighted by molar-refractivity contribution is 0.0525. The number of fused-ring (bicyclic) bond motifs is 1. The molecule has 7 heteroatoms. The van der Waals surface area contributed by atoms with Crippen LogP contribution in [0.5, 0.6) is 0 Å². The lowest BCUT2D eigenvalue weighted by Gasteiger charge is -2.35. The van der Waals surface area contributed by atoms with E-state index in [1.165, 1.54) is 6.21 Å². The molecule has 2 aromatic heterocycles. The fourth-order valence-electron chi connectivity index (χ4n) is 3.97. The lowest BCUT2D eigenvalue weighted by Crippen LogP contribution is -2.42. The molecule has 1 fully saturated rings. The van der Waals surface area contributed by atoms with E-state index in [2.05, 4.69) is 21.7 Å². The molecule has 0 aliphatic carbocycles. The van der Waals surface area contributed by atoms with Crippen molar-refractivity contribution in [1.82, 2.24) is 9.72 Å². The van der Waals surface area contributed by atoms with Gasteiger partial charge in [0.25, 0.3) is 0 Å². The quantitative estimate of drug-likeness (QED) is 0.526. The lowest BCUT2D eigenvalue weighted by atomic mass is 10.0. The van der Waals surface area contributed by atoms with Gasteiger partial charge in [0.2, 0.25) is 0 Å². The van der Waals surface area contributed by atoms with Gasteiger partial charge in [-0.15, -0.1) is 0 Å². The molecule has 28 heavy (non-hydrogen) atoms. The zero-order valence-corrected chi connectivity index (χ0v) is 16.8. The van der Waals surface area contributed by atoms with E-state index in [0.717, 1.165) is 48.4 Å². The zero-order chi connectivity index (χ0) is 20.3. The van der Waals surface area contributed by atoms with E-state index in [9.17, 15) is 4.79 Å². The van der Waals surface area contributed by atoms with Crippen LogP contribution in [-0.2, 0) is 4.74 Å². The number of aromatic nitrogens is 1. The number of hydrogen-bond acceptors (Lipinski definition) is 6. The number of nitrogens with two attached hydrogens (primary N) is 1. The summed E-state index contributed by atoms with van der Waals surface area (Å²) in [4.78, 5) is 14.9. The molecule has 3 heterocycles. The van der Waals surface area contributed by atoms with Crippen LogP contribution in [0.15, 0.2) is 24.4 Å². The Labute approximate surface area is 165 Å². The van der Waals surface area contributed by atoms with Crippen LogP contribution in [0.4, 0.5) is 5.82 Å². The minimum absolute atomic E-state index is 0.326. The summed E-state index contributed by atoms with van der Waals surface area (Å²) in [7, 11) is 2.09. The van der Waals surface area contributed by atoms with Gasteiger partial charge in [-0.2, -0.15) is 0 Å². The van der Waals surface area contributed by atoms with Crippen LogP contribution in [0.3, 0.4) is 0 Å². The van der Waals surface area contributed by atoms with E-state index >= 15 is 0 Å². The van der Waals surface area contributed by atoms with Crippen LogP contribution in [-0.4, -0.2) is 49.4 Å². The number of piperidine rings is 1. The van der Waals surface area contributed by atoms with E-state index in [1.807, 2.05) is 25.3 Å². The Balaban J connectivity index is 2.22.